The third kappa shape index (κ3) is 4.43. The molecule has 0 aromatic heterocycles. The highest BCUT2D eigenvalue weighted by atomic mass is 79.9. The number of hydrazone groups is 1. The van der Waals surface area contributed by atoms with Gasteiger partial charge < -0.3 is 9.47 Å². The molecule has 6 heteroatoms. The van der Waals surface area contributed by atoms with Gasteiger partial charge in [0.15, 0.2) is 11.5 Å². The van der Waals surface area contributed by atoms with Crippen molar-refractivity contribution in [3.05, 3.63) is 58.1 Å². The molecule has 5 nitrogen and oxygen atoms in total. The number of nitrogens with zero attached hydrogens (tertiary/aromatic N) is 2. The Morgan fingerprint density at radius 2 is 1.97 bits per heavy atom. The summed E-state index contributed by atoms with van der Waals surface area (Å²) in [6.07, 6.45) is 6.74. The van der Waals surface area contributed by atoms with Crippen molar-refractivity contribution in [2.75, 3.05) is 11.6 Å². The molecule has 0 N–H and O–H groups in total. The van der Waals surface area contributed by atoms with E-state index in [9.17, 15) is 4.79 Å². The molecule has 2 aromatic rings. The van der Waals surface area contributed by atoms with Crippen molar-refractivity contribution in [1.29, 1.82) is 0 Å². The maximum absolute atomic E-state index is 13.0. The predicted molar refractivity (Wildman–Crippen MR) is 123 cm³/mol. The second-order valence-electron chi connectivity index (χ2n) is 7.50. The van der Waals surface area contributed by atoms with Gasteiger partial charge in [-0.3, -0.25) is 4.79 Å². The van der Waals surface area contributed by atoms with E-state index in [2.05, 4.69) is 21.0 Å². The molecule has 156 valence electrons. The molecule has 2 aliphatic rings. The first-order valence-electron chi connectivity index (χ1n) is 10.4. The largest absolute Gasteiger partial charge is 0.490 e. The maximum atomic E-state index is 13.0. The SMILES string of the molecule is CCOc1cc(/C=C2/C(=O)N(c3cccc(Br)c3)N=C2C)ccc1OC1CCCC1. The zero-order chi connectivity index (χ0) is 21.1. The molecule has 0 unspecified atom stereocenters. The van der Waals surface area contributed by atoms with Crippen LogP contribution in [0.3, 0.4) is 0 Å². The summed E-state index contributed by atoms with van der Waals surface area (Å²) in [5.41, 5.74) is 2.87. The average molecular weight is 469 g/mol. The minimum Gasteiger partial charge on any atom is -0.490 e. The lowest BCUT2D eigenvalue weighted by molar-refractivity contribution is -0.114. The highest BCUT2D eigenvalue weighted by Crippen LogP contribution is 2.34. The summed E-state index contributed by atoms with van der Waals surface area (Å²) in [7, 11) is 0. The fraction of sp³-hybridized carbons (Fsp3) is 0.333. The Bertz CT molecular complexity index is 1010. The molecule has 0 saturated heterocycles. The van der Waals surface area contributed by atoms with E-state index in [1.54, 1.807) is 0 Å². The van der Waals surface area contributed by atoms with Crippen LogP contribution in [0.1, 0.15) is 45.1 Å². The van der Waals surface area contributed by atoms with Crippen LogP contribution in [0.5, 0.6) is 11.5 Å². The molecule has 2 aromatic carbocycles. The molecule has 1 heterocycles. The smallest absolute Gasteiger partial charge is 0.280 e. The number of hydrogen-bond donors (Lipinski definition) is 0. The fourth-order valence-corrected chi connectivity index (χ4v) is 4.19. The van der Waals surface area contributed by atoms with Gasteiger partial charge in [0.2, 0.25) is 0 Å². The number of halogens is 1. The Kier molecular flexibility index (Phi) is 6.23. The van der Waals surface area contributed by atoms with Crippen LogP contribution in [0, 0.1) is 0 Å². The van der Waals surface area contributed by atoms with Crippen molar-refractivity contribution in [3.63, 3.8) is 0 Å². The fourth-order valence-electron chi connectivity index (χ4n) is 3.80. The van der Waals surface area contributed by atoms with Crippen LogP contribution in [-0.4, -0.2) is 24.3 Å². The summed E-state index contributed by atoms with van der Waals surface area (Å²) < 4.78 is 12.9. The molecular formula is C24H25BrN2O3. The third-order valence-corrected chi connectivity index (χ3v) is 5.78. The third-order valence-electron chi connectivity index (χ3n) is 5.29. The maximum Gasteiger partial charge on any atom is 0.280 e. The lowest BCUT2D eigenvalue weighted by Crippen LogP contribution is -2.21. The van der Waals surface area contributed by atoms with Crippen molar-refractivity contribution in [2.45, 2.75) is 45.6 Å². The van der Waals surface area contributed by atoms with Gasteiger partial charge in [0.1, 0.15) is 0 Å². The summed E-state index contributed by atoms with van der Waals surface area (Å²) in [4.78, 5) is 13.0. The van der Waals surface area contributed by atoms with Crippen LogP contribution in [0.15, 0.2) is 57.6 Å². The molecule has 0 spiro atoms. The molecule has 1 aliphatic heterocycles. The zero-order valence-corrected chi connectivity index (χ0v) is 18.8. The van der Waals surface area contributed by atoms with E-state index >= 15 is 0 Å². The quantitative estimate of drug-likeness (QED) is 0.490. The average Bonchev–Trinajstić information content (AvgIpc) is 3.33. The number of carbonyl (C=O) groups is 1. The van der Waals surface area contributed by atoms with Crippen molar-refractivity contribution >= 4 is 39.3 Å². The summed E-state index contributed by atoms with van der Waals surface area (Å²) in [6, 6.07) is 13.4. The number of amides is 1. The molecule has 0 atom stereocenters. The molecule has 1 saturated carbocycles. The van der Waals surface area contributed by atoms with Crippen molar-refractivity contribution in [3.8, 4) is 11.5 Å². The first kappa shape index (κ1) is 20.7. The molecule has 0 radical (unpaired) electrons. The Hall–Kier alpha value is -2.60. The summed E-state index contributed by atoms with van der Waals surface area (Å²) in [5.74, 6) is 1.34. The van der Waals surface area contributed by atoms with E-state index in [1.807, 2.05) is 62.4 Å². The number of benzene rings is 2. The topological polar surface area (TPSA) is 51.1 Å². The van der Waals surface area contributed by atoms with Gasteiger partial charge in [-0.25, -0.2) is 0 Å². The molecule has 1 fully saturated rings. The number of hydrogen-bond acceptors (Lipinski definition) is 4. The predicted octanol–water partition coefficient (Wildman–Crippen LogP) is 5.98. The summed E-state index contributed by atoms with van der Waals surface area (Å²) in [5, 5.41) is 5.90. The van der Waals surface area contributed by atoms with E-state index in [0.717, 1.165) is 34.3 Å². The van der Waals surface area contributed by atoms with Gasteiger partial charge in [0, 0.05) is 4.47 Å². The first-order valence-corrected chi connectivity index (χ1v) is 11.1. The van der Waals surface area contributed by atoms with Crippen LogP contribution in [0.25, 0.3) is 6.08 Å². The normalized spacial score (nSPS) is 18.2. The highest BCUT2D eigenvalue weighted by Gasteiger charge is 2.29. The van der Waals surface area contributed by atoms with Crippen molar-refractivity contribution < 1.29 is 14.3 Å². The molecule has 0 bridgehead atoms. The van der Waals surface area contributed by atoms with Crippen LogP contribution < -0.4 is 14.5 Å². The Balaban J connectivity index is 1.59. The number of carbonyl (C=O) groups excluding carboxylic acids is 1. The van der Waals surface area contributed by atoms with E-state index in [1.165, 1.54) is 17.9 Å². The van der Waals surface area contributed by atoms with Gasteiger partial charge in [0.25, 0.3) is 5.91 Å². The minimum atomic E-state index is -0.144. The lowest BCUT2D eigenvalue weighted by atomic mass is 10.1. The zero-order valence-electron chi connectivity index (χ0n) is 17.2. The summed E-state index contributed by atoms with van der Waals surface area (Å²) >= 11 is 3.45. The first-order chi connectivity index (χ1) is 14.5. The molecular weight excluding hydrogens is 444 g/mol. The van der Waals surface area contributed by atoms with Gasteiger partial charge >= 0.3 is 0 Å². The highest BCUT2D eigenvalue weighted by molar-refractivity contribution is 9.10. The molecule has 1 amide bonds. The Morgan fingerprint density at radius 1 is 1.17 bits per heavy atom. The second kappa shape index (κ2) is 9.04. The van der Waals surface area contributed by atoms with Gasteiger partial charge in [-0.2, -0.15) is 10.1 Å². The molecule has 4 rings (SSSR count). The number of ether oxygens (including phenoxy) is 2. The van der Waals surface area contributed by atoms with Crippen LogP contribution in [0.4, 0.5) is 5.69 Å². The monoisotopic (exact) mass is 468 g/mol. The van der Waals surface area contributed by atoms with Gasteiger partial charge in [-0.1, -0.05) is 28.1 Å². The van der Waals surface area contributed by atoms with Crippen molar-refractivity contribution in [1.82, 2.24) is 0 Å². The molecule has 30 heavy (non-hydrogen) atoms. The van der Waals surface area contributed by atoms with Gasteiger partial charge in [-0.15, -0.1) is 0 Å². The van der Waals surface area contributed by atoms with Crippen LogP contribution in [0.2, 0.25) is 0 Å². The minimum absolute atomic E-state index is 0.144. The standard InChI is InChI=1S/C24H25BrN2O3/c1-3-29-23-14-17(11-12-22(23)30-20-9-4-5-10-20)13-21-16(2)26-27(24(21)28)19-8-6-7-18(25)15-19/h6-8,11-15,20H,3-5,9-10H2,1-2H3/b21-13+. The lowest BCUT2D eigenvalue weighted by Gasteiger charge is -2.17. The Morgan fingerprint density at radius 3 is 2.70 bits per heavy atom. The Labute approximate surface area is 185 Å². The van der Waals surface area contributed by atoms with E-state index in [0.29, 0.717) is 23.6 Å². The van der Waals surface area contributed by atoms with E-state index < -0.39 is 0 Å². The number of rotatable bonds is 6. The van der Waals surface area contributed by atoms with Crippen molar-refractivity contribution in [2.24, 2.45) is 5.10 Å². The van der Waals surface area contributed by atoms with Gasteiger partial charge in [0.05, 0.1) is 29.7 Å². The molecule has 1 aliphatic carbocycles. The van der Waals surface area contributed by atoms with E-state index in [4.69, 9.17) is 9.47 Å². The van der Waals surface area contributed by atoms with Gasteiger partial charge in [-0.05, 0) is 81.5 Å². The summed E-state index contributed by atoms with van der Waals surface area (Å²) in [6.45, 7) is 4.36. The van der Waals surface area contributed by atoms with Crippen LogP contribution >= 0.6 is 15.9 Å². The van der Waals surface area contributed by atoms with E-state index in [-0.39, 0.29) is 12.0 Å². The number of anilines is 1. The second-order valence-corrected chi connectivity index (χ2v) is 8.42. The van der Waals surface area contributed by atoms with Crippen LogP contribution in [-0.2, 0) is 4.79 Å².